The van der Waals surface area contributed by atoms with Gasteiger partial charge in [0.2, 0.25) is 0 Å². The Hall–Kier alpha value is -1.56. The summed E-state index contributed by atoms with van der Waals surface area (Å²) in [7, 11) is 0. The van der Waals surface area contributed by atoms with Gasteiger partial charge in [0, 0.05) is 16.2 Å². The molecular formula is C13H13ClFN3O2S. The van der Waals surface area contributed by atoms with Gasteiger partial charge in [0.15, 0.2) is 5.12 Å². The standard InChI is InChI=1S/C13H13ClFN3O2S/c1-13(2,3)6-11(19)21-10-4-7(12(20)17-18-16)9(15)5-8(10)14/h4-5H,6H2,1-3H3. The van der Waals surface area contributed by atoms with Crippen LogP contribution in [0, 0.1) is 11.2 Å². The summed E-state index contributed by atoms with van der Waals surface area (Å²) in [6.45, 7) is 5.73. The monoisotopic (exact) mass is 329 g/mol. The molecule has 0 aliphatic rings. The maximum absolute atomic E-state index is 13.6. The van der Waals surface area contributed by atoms with Gasteiger partial charge < -0.3 is 0 Å². The van der Waals surface area contributed by atoms with Crippen LogP contribution in [0.15, 0.2) is 22.1 Å². The first-order valence-electron chi connectivity index (χ1n) is 5.93. The Morgan fingerprint density at radius 1 is 1.43 bits per heavy atom. The highest BCUT2D eigenvalue weighted by Gasteiger charge is 2.20. The van der Waals surface area contributed by atoms with E-state index in [0.29, 0.717) is 6.42 Å². The molecular weight excluding hydrogens is 317 g/mol. The van der Waals surface area contributed by atoms with Crippen LogP contribution < -0.4 is 0 Å². The lowest BCUT2D eigenvalue weighted by Gasteiger charge is -2.16. The fourth-order valence-corrected chi connectivity index (χ4v) is 2.81. The van der Waals surface area contributed by atoms with E-state index in [0.717, 1.165) is 23.9 Å². The molecule has 0 unspecified atom stereocenters. The predicted octanol–water partition coefficient (Wildman–Crippen LogP) is 4.98. The Morgan fingerprint density at radius 3 is 2.57 bits per heavy atom. The number of hydrogen-bond donors (Lipinski definition) is 0. The highest BCUT2D eigenvalue weighted by atomic mass is 35.5. The van der Waals surface area contributed by atoms with Gasteiger partial charge in [0.05, 0.1) is 10.6 Å². The first-order chi connectivity index (χ1) is 9.64. The summed E-state index contributed by atoms with van der Waals surface area (Å²) < 4.78 is 13.6. The normalized spacial score (nSPS) is 10.9. The number of benzene rings is 1. The molecule has 0 aromatic heterocycles. The van der Waals surface area contributed by atoms with Crippen molar-refractivity contribution in [3.8, 4) is 0 Å². The van der Waals surface area contributed by atoms with Gasteiger partial charge in [0.1, 0.15) is 5.82 Å². The molecule has 1 aromatic rings. The summed E-state index contributed by atoms with van der Waals surface area (Å²) in [6.07, 6.45) is 0.297. The quantitative estimate of drug-likeness (QED) is 0.339. The molecule has 1 amide bonds. The van der Waals surface area contributed by atoms with Crippen LogP contribution in [0.1, 0.15) is 37.6 Å². The molecule has 0 saturated heterocycles. The highest BCUT2D eigenvalue weighted by Crippen LogP contribution is 2.33. The van der Waals surface area contributed by atoms with Crippen LogP contribution in [-0.2, 0) is 4.79 Å². The average Bonchev–Trinajstić information content (AvgIpc) is 2.30. The van der Waals surface area contributed by atoms with Gasteiger partial charge in [0.25, 0.3) is 5.91 Å². The highest BCUT2D eigenvalue weighted by molar-refractivity contribution is 8.13. The van der Waals surface area contributed by atoms with E-state index in [1.165, 1.54) is 0 Å². The molecule has 8 heteroatoms. The summed E-state index contributed by atoms with van der Waals surface area (Å²) in [6, 6.07) is 2.05. The molecule has 0 fully saturated rings. The lowest BCUT2D eigenvalue weighted by atomic mass is 9.93. The molecule has 0 heterocycles. The van der Waals surface area contributed by atoms with E-state index < -0.39 is 17.3 Å². The molecule has 1 rings (SSSR count). The van der Waals surface area contributed by atoms with Crippen molar-refractivity contribution < 1.29 is 14.0 Å². The van der Waals surface area contributed by atoms with E-state index >= 15 is 0 Å². The third-order valence-electron chi connectivity index (χ3n) is 2.29. The first kappa shape index (κ1) is 17.5. The third-order valence-corrected chi connectivity index (χ3v) is 3.64. The molecule has 0 bridgehead atoms. The molecule has 0 radical (unpaired) electrons. The molecule has 0 spiro atoms. The molecule has 0 atom stereocenters. The maximum Gasteiger partial charge on any atom is 0.252 e. The molecule has 0 aliphatic heterocycles. The molecule has 1 aromatic carbocycles. The van der Waals surface area contributed by atoms with Crippen molar-refractivity contribution in [1.29, 1.82) is 0 Å². The first-order valence-corrected chi connectivity index (χ1v) is 7.12. The zero-order chi connectivity index (χ0) is 16.2. The van der Waals surface area contributed by atoms with Crippen molar-refractivity contribution in [3.63, 3.8) is 0 Å². The van der Waals surface area contributed by atoms with Gasteiger partial charge in [-0.1, -0.05) is 44.1 Å². The van der Waals surface area contributed by atoms with E-state index in [2.05, 4.69) is 10.0 Å². The van der Waals surface area contributed by atoms with Gasteiger partial charge in [-0.05, 0) is 28.2 Å². The molecule has 112 valence electrons. The topological polar surface area (TPSA) is 82.9 Å². The van der Waals surface area contributed by atoms with E-state index in [9.17, 15) is 14.0 Å². The third kappa shape index (κ3) is 5.38. The van der Waals surface area contributed by atoms with Gasteiger partial charge in [-0.15, -0.1) is 0 Å². The molecule has 5 nitrogen and oxygen atoms in total. The number of hydrogen-bond acceptors (Lipinski definition) is 3. The van der Waals surface area contributed by atoms with Crippen LogP contribution in [0.25, 0.3) is 10.4 Å². The van der Waals surface area contributed by atoms with Crippen molar-refractivity contribution in [3.05, 3.63) is 39.0 Å². The lowest BCUT2D eigenvalue weighted by molar-refractivity contribution is -0.112. The van der Waals surface area contributed by atoms with Crippen molar-refractivity contribution in [2.75, 3.05) is 0 Å². The number of amides is 1. The van der Waals surface area contributed by atoms with E-state index in [4.69, 9.17) is 17.1 Å². The van der Waals surface area contributed by atoms with Gasteiger partial charge in [-0.2, -0.15) is 0 Å². The van der Waals surface area contributed by atoms with E-state index in [1.807, 2.05) is 20.8 Å². The van der Waals surface area contributed by atoms with Crippen LogP contribution in [0.4, 0.5) is 4.39 Å². The molecule has 0 N–H and O–H groups in total. The van der Waals surface area contributed by atoms with Crippen LogP contribution in [0.2, 0.25) is 5.02 Å². The number of carbonyl (C=O) groups excluding carboxylic acids is 2. The number of carbonyl (C=O) groups is 2. The Kier molecular flexibility index (Phi) is 5.78. The summed E-state index contributed by atoms with van der Waals surface area (Å²) in [4.78, 5) is 25.9. The Balaban J connectivity index is 3.08. The summed E-state index contributed by atoms with van der Waals surface area (Å²) in [5, 5.41) is 2.70. The van der Waals surface area contributed by atoms with Crippen LogP contribution >= 0.6 is 23.4 Å². The number of halogens is 2. The van der Waals surface area contributed by atoms with Crippen molar-refractivity contribution in [2.24, 2.45) is 10.5 Å². The van der Waals surface area contributed by atoms with Crippen LogP contribution in [-0.4, -0.2) is 11.0 Å². The fourth-order valence-electron chi connectivity index (χ4n) is 1.46. The van der Waals surface area contributed by atoms with E-state index in [-0.39, 0.29) is 20.4 Å². The lowest BCUT2D eigenvalue weighted by Crippen LogP contribution is -2.10. The van der Waals surface area contributed by atoms with Crippen LogP contribution in [0.3, 0.4) is 0 Å². The predicted molar refractivity (Wildman–Crippen MR) is 79.8 cm³/mol. The SMILES string of the molecule is CC(C)(C)CC(=O)Sc1cc(C(=O)N=[N+]=[N-])c(F)cc1Cl. The van der Waals surface area contributed by atoms with Crippen LogP contribution in [0.5, 0.6) is 0 Å². The fraction of sp³-hybridized carbons (Fsp3) is 0.385. The maximum atomic E-state index is 13.6. The van der Waals surface area contributed by atoms with Crippen molar-refractivity contribution in [2.45, 2.75) is 32.1 Å². The Labute approximate surface area is 130 Å². The van der Waals surface area contributed by atoms with Crippen molar-refractivity contribution in [1.82, 2.24) is 0 Å². The number of azide groups is 1. The number of nitrogens with zero attached hydrogens (tertiary/aromatic N) is 3. The zero-order valence-corrected chi connectivity index (χ0v) is 13.3. The Bertz CT molecular complexity index is 637. The summed E-state index contributed by atoms with van der Waals surface area (Å²) >= 11 is 6.70. The summed E-state index contributed by atoms with van der Waals surface area (Å²) in [5.74, 6) is -1.96. The van der Waals surface area contributed by atoms with Crippen molar-refractivity contribution >= 4 is 34.4 Å². The minimum atomic E-state index is -1.06. The second kappa shape index (κ2) is 6.93. The number of rotatable bonds is 3. The molecule has 0 aliphatic carbocycles. The smallest absolute Gasteiger partial charge is 0.252 e. The van der Waals surface area contributed by atoms with Gasteiger partial charge in [-0.25, -0.2) is 4.39 Å². The van der Waals surface area contributed by atoms with E-state index in [1.54, 1.807) is 0 Å². The Morgan fingerprint density at radius 2 is 2.05 bits per heavy atom. The molecule has 0 saturated carbocycles. The van der Waals surface area contributed by atoms with Gasteiger partial charge in [-0.3, -0.25) is 9.59 Å². The second-order valence-electron chi connectivity index (χ2n) is 5.47. The largest absolute Gasteiger partial charge is 0.287 e. The minimum absolute atomic E-state index is 0.0252. The molecule has 21 heavy (non-hydrogen) atoms. The number of thioether (sulfide) groups is 1. The van der Waals surface area contributed by atoms with Gasteiger partial charge >= 0.3 is 0 Å². The summed E-state index contributed by atoms with van der Waals surface area (Å²) in [5.41, 5.74) is 7.61. The zero-order valence-electron chi connectivity index (χ0n) is 11.7. The minimum Gasteiger partial charge on any atom is -0.287 e. The average molecular weight is 330 g/mol. The second-order valence-corrected chi connectivity index (χ2v) is 6.98.